The Bertz CT molecular complexity index is 857. The molecule has 0 bridgehead atoms. The number of primary sulfonamides is 1. The van der Waals surface area contributed by atoms with Crippen molar-refractivity contribution >= 4 is 21.6 Å². The lowest BCUT2D eigenvalue weighted by Crippen LogP contribution is -2.13. The van der Waals surface area contributed by atoms with Gasteiger partial charge in [0.2, 0.25) is 10.0 Å². The summed E-state index contributed by atoms with van der Waals surface area (Å²) in [6.07, 6.45) is 1.37. The number of phenolic OH excluding ortho intramolecular Hbond substituents is 1. The highest BCUT2D eigenvalue weighted by Crippen LogP contribution is 2.26. The van der Waals surface area contributed by atoms with Crippen molar-refractivity contribution < 1.29 is 13.5 Å². The molecule has 0 atom stereocenters. The molecule has 0 amide bonds. The van der Waals surface area contributed by atoms with Crippen LogP contribution in [-0.2, 0) is 10.0 Å². The smallest absolute Gasteiger partial charge is 0.238 e. The Balaban J connectivity index is 0.000000203. The van der Waals surface area contributed by atoms with Crippen molar-refractivity contribution in [3.63, 3.8) is 0 Å². The predicted molar refractivity (Wildman–Crippen MR) is 89.6 cm³/mol. The maximum atomic E-state index is 11.3. The van der Waals surface area contributed by atoms with Crippen LogP contribution in [0, 0.1) is 6.92 Å². The molecule has 3 N–H and O–H groups in total. The monoisotopic (exact) mass is 349 g/mol. The molecule has 1 aromatic heterocycles. The molecule has 0 aliphatic heterocycles. The third kappa shape index (κ3) is 4.59. The second-order valence-electron chi connectivity index (χ2n) is 4.57. The lowest BCUT2D eigenvalue weighted by atomic mass is 10.2. The molecular weight excluding hydrogens is 334 g/mol. The van der Waals surface area contributed by atoms with E-state index in [1.807, 2.05) is 25.1 Å². The van der Waals surface area contributed by atoms with Crippen LogP contribution >= 0.6 is 11.5 Å². The Hall–Kier alpha value is -2.29. The minimum Gasteiger partial charge on any atom is -0.508 e. The van der Waals surface area contributed by atoms with Gasteiger partial charge in [-0.2, -0.15) is 4.37 Å². The van der Waals surface area contributed by atoms with Gasteiger partial charge in [-0.05, 0) is 36.2 Å². The fraction of sp³-hybridized carbons (Fsp3) is 0.0667. The van der Waals surface area contributed by atoms with Crippen LogP contribution in [0.5, 0.6) is 5.75 Å². The first kappa shape index (κ1) is 17.1. The highest BCUT2D eigenvalue weighted by atomic mass is 32.2. The molecule has 1 heterocycles. The third-order valence-corrected chi connectivity index (χ3v) is 4.57. The number of benzene rings is 2. The lowest BCUT2D eigenvalue weighted by Gasteiger charge is -2.03. The Morgan fingerprint density at radius 1 is 1.09 bits per heavy atom. The zero-order valence-electron chi connectivity index (χ0n) is 12.2. The zero-order valence-corrected chi connectivity index (χ0v) is 13.9. The van der Waals surface area contributed by atoms with Crippen LogP contribution in [0.2, 0.25) is 0 Å². The lowest BCUT2D eigenvalue weighted by molar-refractivity contribution is 0.471. The van der Waals surface area contributed by atoms with Gasteiger partial charge in [0.15, 0.2) is 0 Å². The van der Waals surface area contributed by atoms with Crippen molar-refractivity contribution in [2.75, 3.05) is 0 Å². The number of nitrogens with zero attached hydrogens (tertiary/aromatic N) is 2. The number of phenols is 1. The van der Waals surface area contributed by atoms with Crippen molar-refractivity contribution in [1.82, 2.24) is 9.36 Å². The number of hydrogen-bond donors (Lipinski definition) is 2. The van der Waals surface area contributed by atoms with Gasteiger partial charge < -0.3 is 5.11 Å². The average Bonchev–Trinajstić information content (AvgIpc) is 3.04. The van der Waals surface area contributed by atoms with E-state index in [1.165, 1.54) is 12.4 Å². The van der Waals surface area contributed by atoms with Gasteiger partial charge in [-0.1, -0.05) is 36.4 Å². The summed E-state index contributed by atoms with van der Waals surface area (Å²) in [5.74, 6) is 0.368. The van der Waals surface area contributed by atoms with Gasteiger partial charge in [-0.15, -0.1) is 0 Å². The Kier molecular flexibility index (Phi) is 5.43. The molecule has 120 valence electrons. The van der Waals surface area contributed by atoms with Gasteiger partial charge in [-0.3, -0.25) is 0 Å². The molecule has 2 aromatic carbocycles. The van der Waals surface area contributed by atoms with Crippen molar-refractivity contribution in [3.8, 4) is 16.3 Å². The van der Waals surface area contributed by atoms with E-state index in [2.05, 4.69) is 9.36 Å². The molecule has 0 spiro atoms. The van der Waals surface area contributed by atoms with Crippen LogP contribution in [0.4, 0.5) is 0 Å². The molecule has 0 aliphatic carbocycles. The third-order valence-electron chi connectivity index (χ3n) is 2.90. The Morgan fingerprint density at radius 3 is 2.26 bits per heavy atom. The fourth-order valence-electron chi connectivity index (χ4n) is 1.75. The largest absolute Gasteiger partial charge is 0.508 e. The first-order chi connectivity index (χ1) is 10.9. The van der Waals surface area contributed by atoms with E-state index in [0.29, 0.717) is 16.3 Å². The molecule has 0 fully saturated rings. The highest BCUT2D eigenvalue weighted by Gasteiger charge is 2.15. The molecule has 0 aliphatic rings. The number of hydrogen-bond acceptors (Lipinski definition) is 6. The number of nitrogens with two attached hydrogens (primary N) is 1. The first-order valence-electron chi connectivity index (χ1n) is 6.53. The molecule has 0 unspecified atom stereocenters. The van der Waals surface area contributed by atoms with Gasteiger partial charge in [0.1, 0.15) is 17.1 Å². The minimum atomic E-state index is -3.72. The van der Waals surface area contributed by atoms with E-state index in [4.69, 9.17) is 10.2 Å². The summed E-state index contributed by atoms with van der Waals surface area (Å²) < 4.78 is 26.4. The number of sulfonamides is 1. The van der Waals surface area contributed by atoms with Crippen LogP contribution in [0.15, 0.2) is 59.8 Å². The van der Waals surface area contributed by atoms with Crippen LogP contribution < -0.4 is 5.14 Å². The topological polar surface area (TPSA) is 106 Å². The number of para-hydroxylation sites is 1. The second kappa shape index (κ2) is 7.32. The summed E-state index contributed by atoms with van der Waals surface area (Å²) in [6, 6.07) is 13.7. The first-order valence-corrected chi connectivity index (χ1v) is 8.85. The highest BCUT2D eigenvalue weighted by molar-refractivity contribution is 7.89. The van der Waals surface area contributed by atoms with Crippen molar-refractivity contribution in [2.45, 2.75) is 11.8 Å². The van der Waals surface area contributed by atoms with Crippen LogP contribution in [0.3, 0.4) is 0 Å². The summed E-state index contributed by atoms with van der Waals surface area (Å²) in [5.41, 5.74) is 1.41. The number of aromatic hydroxyl groups is 1. The van der Waals surface area contributed by atoms with Crippen LogP contribution in [-0.4, -0.2) is 22.9 Å². The summed E-state index contributed by atoms with van der Waals surface area (Å²) in [4.78, 5) is 4.02. The molecule has 0 saturated heterocycles. The van der Waals surface area contributed by atoms with Gasteiger partial charge >= 0.3 is 0 Å². The van der Waals surface area contributed by atoms with Crippen molar-refractivity contribution in [1.29, 1.82) is 0 Å². The van der Waals surface area contributed by atoms with E-state index in [-0.39, 0.29) is 4.90 Å². The molecule has 3 aromatic rings. The molecule has 0 radical (unpaired) electrons. The maximum absolute atomic E-state index is 11.3. The van der Waals surface area contributed by atoms with E-state index in [1.54, 1.807) is 24.3 Å². The normalized spacial score (nSPS) is 10.7. The SMILES string of the molecule is Cc1ccccc1O.NS(=O)(=O)c1ccccc1-c1ncns1. The van der Waals surface area contributed by atoms with E-state index in [9.17, 15) is 8.42 Å². The van der Waals surface area contributed by atoms with Gasteiger partial charge in [0.25, 0.3) is 0 Å². The fourth-order valence-corrected chi connectivity index (χ4v) is 3.12. The Labute approximate surface area is 138 Å². The Morgan fingerprint density at radius 2 is 1.74 bits per heavy atom. The number of rotatable bonds is 2. The van der Waals surface area contributed by atoms with Gasteiger partial charge in [0.05, 0.1) is 4.90 Å². The van der Waals surface area contributed by atoms with Crippen LogP contribution in [0.25, 0.3) is 10.6 Å². The molecule has 0 saturated carbocycles. The molecule has 8 heteroatoms. The van der Waals surface area contributed by atoms with Crippen molar-refractivity contribution in [2.24, 2.45) is 5.14 Å². The molecule has 3 rings (SSSR count). The average molecular weight is 349 g/mol. The van der Waals surface area contributed by atoms with E-state index >= 15 is 0 Å². The summed E-state index contributed by atoms with van der Waals surface area (Å²) in [6.45, 7) is 1.87. The summed E-state index contributed by atoms with van der Waals surface area (Å²) in [7, 11) is -3.72. The quantitative estimate of drug-likeness (QED) is 0.739. The standard InChI is InChI=1S/C8H7N3O2S2.C7H8O/c9-15(12,13)7-4-2-1-3-6(7)8-10-5-11-14-8;1-6-4-2-3-5-7(6)8/h1-5H,(H2,9,12,13);2-5,8H,1H3. The van der Waals surface area contributed by atoms with Gasteiger partial charge in [-0.25, -0.2) is 18.5 Å². The molecular formula is C15H15N3O3S2. The van der Waals surface area contributed by atoms with E-state index in [0.717, 1.165) is 17.1 Å². The maximum Gasteiger partial charge on any atom is 0.238 e. The van der Waals surface area contributed by atoms with E-state index < -0.39 is 10.0 Å². The van der Waals surface area contributed by atoms with Crippen LogP contribution in [0.1, 0.15) is 5.56 Å². The van der Waals surface area contributed by atoms with Crippen molar-refractivity contribution in [3.05, 3.63) is 60.4 Å². The zero-order chi connectivity index (χ0) is 16.9. The number of aryl methyl sites for hydroxylation is 1. The van der Waals surface area contributed by atoms with Gasteiger partial charge in [0, 0.05) is 5.56 Å². The summed E-state index contributed by atoms with van der Waals surface area (Å²) in [5, 5.41) is 14.6. The molecule has 23 heavy (non-hydrogen) atoms. The minimum absolute atomic E-state index is 0.0711. The second-order valence-corrected chi connectivity index (χ2v) is 6.88. The molecule has 6 nitrogen and oxygen atoms in total. The predicted octanol–water partition coefficient (Wildman–Crippen LogP) is 2.55. The number of aromatic nitrogens is 2. The summed E-state index contributed by atoms with van der Waals surface area (Å²) >= 11 is 1.13.